The summed E-state index contributed by atoms with van der Waals surface area (Å²) in [5.74, 6) is -0.221. The van der Waals surface area contributed by atoms with Crippen molar-refractivity contribution in [3.63, 3.8) is 0 Å². The number of carbonyl (C=O) groups excluding carboxylic acids is 2. The number of Topliss-reactive ketones (excluding diaryl/α,β-unsaturated/α-hetero) is 1. The van der Waals surface area contributed by atoms with Crippen molar-refractivity contribution >= 4 is 11.8 Å². The fraction of sp³-hybridized carbons (Fsp3) is 0.222. The highest BCUT2D eigenvalue weighted by molar-refractivity contribution is 5.96. The highest BCUT2D eigenvalue weighted by atomic mass is 16.5. The molecule has 21 heavy (non-hydrogen) atoms. The van der Waals surface area contributed by atoms with E-state index >= 15 is 0 Å². The van der Waals surface area contributed by atoms with Crippen LogP contribution in [0.3, 0.4) is 0 Å². The molecule has 3 rings (SSSR count). The lowest BCUT2D eigenvalue weighted by atomic mass is 10.0. The number of fused-ring (bicyclic) bond motifs is 3. The Labute approximate surface area is 123 Å². The predicted molar refractivity (Wildman–Crippen MR) is 80.6 cm³/mol. The van der Waals surface area contributed by atoms with Crippen LogP contribution in [0.1, 0.15) is 45.7 Å². The standard InChI is InChI=1S/C18H16O3/c1-3-21-18(20)13-5-7-17-15(9-13)10-14-8-12(11(2)19)4-6-16(14)17/h4-9H,3,10H2,1-2H3. The summed E-state index contributed by atoms with van der Waals surface area (Å²) < 4.78 is 5.03. The summed E-state index contributed by atoms with van der Waals surface area (Å²) in [7, 11) is 0. The Balaban J connectivity index is 1.99. The molecule has 0 heterocycles. The van der Waals surface area contributed by atoms with Crippen molar-refractivity contribution in [3.05, 3.63) is 58.7 Å². The third kappa shape index (κ3) is 2.35. The highest BCUT2D eigenvalue weighted by Gasteiger charge is 2.21. The molecule has 0 aliphatic heterocycles. The lowest BCUT2D eigenvalue weighted by Gasteiger charge is -2.05. The van der Waals surface area contributed by atoms with Gasteiger partial charge in [-0.05, 0) is 60.7 Å². The molecule has 2 aromatic carbocycles. The van der Waals surface area contributed by atoms with Gasteiger partial charge in [0.25, 0.3) is 0 Å². The number of hydrogen-bond donors (Lipinski definition) is 0. The molecule has 1 aliphatic carbocycles. The van der Waals surface area contributed by atoms with Gasteiger partial charge in [-0.15, -0.1) is 0 Å². The molecular weight excluding hydrogens is 264 g/mol. The number of ketones is 1. The topological polar surface area (TPSA) is 43.4 Å². The summed E-state index contributed by atoms with van der Waals surface area (Å²) in [6.45, 7) is 3.74. The number of ether oxygens (including phenoxy) is 1. The van der Waals surface area contributed by atoms with Crippen LogP contribution in [0.2, 0.25) is 0 Å². The third-order valence-electron chi connectivity index (χ3n) is 3.80. The SMILES string of the molecule is CCOC(=O)c1ccc2c(c1)Cc1cc(C(C)=O)ccc1-2. The summed E-state index contributed by atoms with van der Waals surface area (Å²) in [4.78, 5) is 23.3. The van der Waals surface area contributed by atoms with Gasteiger partial charge in [-0.2, -0.15) is 0 Å². The number of hydrogen-bond acceptors (Lipinski definition) is 3. The average molecular weight is 280 g/mol. The zero-order valence-electron chi connectivity index (χ0n) is 12.1. The van der Waals surface area contributed by atoms with Crippen molar-refractivity contribution in [3.8, 4) is 11.1 Å². The first-order valence-electron chi connectivity index (χ1n) is 7.04. The molecule has 0 radical (unpaired) electrons. The van der Waals surface area contributed by atoms with Crippen molar-refractivity contribution in [2.75, 3.05) is 6.61 Å². The van der Waals surface area contributed by atoms with Crippen molar-refractivity contribution < 1.29 is 14.3 Å². The molecule has 0 amide bonds. The van der Waals surface area contributed by atoms with Gasteiger partial charge in [-0.25, -0.2) is 4.79 Å². The Kier molecular flexibility index (Phi) is 3.34. The molecule has 0 saturated heterocycles. The van der Waals surface area contributed by atoms with Gasteiger partial charge in [-0.3, -0.25) is 4.79 Å². The zero-order valence-corrected chi connectivity index (χ0v) is 12.1. The Morgan fingerprint density at radius 1 is 1.00 bits per heavy atom. The van der Waals surface area contributed by atoms with Gasteiger partial charge >= 0.3 is 5.97 Å². The van der Waals surface area contributed by atoms with Crippen LogP contribution in [0.4, 0.5) is 0 Å². The molecule has 3 heteroatoms. The van der Waals surface area contributed by atoms with Crippen molar-refractivity contribution in [1.82, 2.24) is 0 Å². The lowest BCUT2D eigenvalue weighted by Crippen LogP contribution is -2.04. The highest BCUT2D eigenvalue weighted by Crippen LogP contribution is 2.37. The smallest absolute Gasteiger partial charge is 0.338 e. The van der Waals surface area contributed by atoms with Gasteiger partial charge in [0.05, 0.1) is 12.2 Å². The monoisotopic (exact) mass is 280 g/mol. The van der Waals surface area contributed by atoms with Crippen LogP contribution in [0.25, 0.3) is 11.1 Å². The fourth-order valence-electron chi connectivity index (χ4n) is 2.77. The normalized spacial score (nSPS) is 11.7. The van der Waals surface area contributed by atoms with Crippen LogP contribution in [0.15, 0.2) is 36.4 Å². The average Bonchev–Trinajstić information content (AvgIpc) is 2.83. The summed E-state index contributed by atoms with van der Waals surface area (Å²) in [6.07, 6.45) is 0.749. The van der Waals surface area contributed by atoms with Gasteiger partial charge < -0.3 is 4.74 Å². The second-order valence-corrected chi connectivity index (χ2v) is 5.20. The minimum Gasteiger partial charge on any atom is -0.462 e. The minimum absolute atomic E-state index is 0.0703. The number of esters is 1. The molecule has 0 atom stereocenters. The molecule has 1 aliphatic rings. The van der Waals surface area contributed by atoms with E-state index in [1.165, 1.54) is 0 Å². The Hall–Kier alpha value is -2.42. The molecule has 0 N–H and O–H groups in total. The second kappa shape index (κ2) is 5.17. The molecule has 0 fully saturated rings. The second-order valence-electron chi connectivity index (χ2n) is 5.20. The van der Waals surface area contributed by atoms with Crippen LogP contribution < -0.4 is 0 Å². The first kappa shape index (κ1) is 13.6. The first-order valence-corrected chi connectivity index (χ1v) is 7.04. The van der Waals surface area contributed by atoms with Crippen LogP contribution in [0.5, 0.6) is 0 Å². The molecular formula is C18H16O3. The van der Waals surface area contributed by atoms with E-state index in [4.69, 9.17) is 4.74 Å². The third-order valence-corrected chi connectivity index (χ3v) is 3.80. The van der Waals surface area contributed by atoms with E-state index in [0.29, 0.717) is 12.2 Å². The van der Waals surface area contributed by atoms with Crippen molar-refractivity contribution in [1.29, 1.82) is 0 Å². The molecule has 0 unspecified atom stereocenters. The van der Waals surface area contributed by atoms with Crippen LogP contribution in [-0.2, 0) is 11.2 Å². The van der Waals surface area contributed by atoms with E-state index in [-0.39, 0.29) is 11.8 Å². The molecule has 3 nitrogen and oxygen atoms in total. The van der Waals surface area contributed by atoms with Crippen LogP contribution in [0, 0.1) is 0 Å². The van der Waals surface area contributed by atoms with Crippen LogP contribution in [-0.4, -0.2) is 18.4 Å². The van der Waals surface area contributed by atoms with Gasteiger partial charge in [0.2, 0.25) is 0 Å². The Bertz CT molecular complexity index is 744. The van der Waals surface area contributed by atoms with E-state index in [1.54, 1.807) is 19.9 Å². The van der Waals surface area contributed by atoms with E-state index in [9.17, 15) is 9.59 Å². The van der Waals surface area contributed by atoms with Gasteiger partial charge in [0.1, 0.15) is 0 Å². The number of benzene rings is 2. The van der Waals surface area contributed by atoms with Crippen molar-refractivity contribution in [2.24, 2.45) is 0 Å². The minimum atomic E-state index is -0.291. The molecule has 0 bridgehead atoms. The molecule has 2 aromatic rings. The number of rotatable bonds is 3. The van der Waals surface area contributed by atoms with Gasteiger partial charge in [0, 0.05) is 5.56 Å². The maximum Gasteiger partial charge on any atom is 0.338 e. The largest absolute Gasteiger partial charge is 0.462 e. The van der Waals surface area contributed by atoms with E-state index in [1.807, 2.05) is 30.3 Å². The summed E-state index contributed by atoms with van der Waals surface area (Å²) in [6, 6.07) is 11.4. The van der Waals surface area contributed by atoms with E-state index in [0.717, 1.165) is 34.2 Å². The predicted octanol–water partition coefficient (Wildman–Crippen LogP) is 3.64. The lowest BCUT2D eigenvalue weighted by molar-refractivity contribution is 0.0526. The molecule has 0 saturated carbocycles. The summed E-state index contributed by atoms with van der Waals surface area (Å²) >= 11 is 0. The first-order chi connectivity index (χ1) is 10.1. The number of carbonyl (C=O) groups is 2. The summed E-state index contributed by atoms with van der Waals surface area (Å²) in [5.41, 5.74) is 5.83. The quantitative estimate of drug-likeness (QED) is 0.543. The van der Waals surface area contributed by atoms with Gasteiger partial charge in [-0.1, -0.05) is 18.2 Å². The maximum absolute atomic E-state index is 11.8. The summed E-state index contributed by atoms with van der Waals surface area (Å²) in [5, 5.41) is 0. The Morgan fingerprint density at radius 2 is 1.57 bits per heavy atom. The van der Waals surface area contributed by atoms with Crippen molar-refractivity contribution in [2.45, 2.75) is 20.3 Å². The Morgan fingerprint density at radius 3 is 2.14 bits per heavy atom. The zero-order chi connectivity index (χ0) is 15.0. The molecule has 0 spiro atoms. The van der Waals surface area contributed by atoms with E-state index in [2.05, 4.69) is 0 Å². The maximum atomic E-state index is 11.8. The van der Waals surface area contributed by atoms with Crippen LogP contribution >= 0.6 is 0 Å². The molecule has 106 valence electrons. The van der Waals surface area contributed by atoms with Gasteiger partial charge in [0.15, 0.2) is 5.78 Å². The fourth-order valence-corrected chi connectivity index (χ4v) is 2.77. The van der Waals surface area contributed by atoms with E-state index < -0.39 is 0 Å². The molecule has 0 aromatic heterocycles.